The molecule has 3 N–H and O–H groups in total. The molecule has 1 aromatic carbocycles. The highest BCUT2D eigenvalue weighted by molar-refractivity contribution is 6.07. The monoisotopic (exact) mass is 488 g/mol. The molecule has 0 unspecified atom stereocenters. The van der Waals surface area contributed by atoms with Gasteiger partial charge in [0.2, 0.25) is 11.7 Å². The SMILES string of the molecule is CNCc1ccc(C(N)=CC(=O)c2nc(-c3ccc(=O)n(CCN4CCCC4=O)c3)cnc2C)cc1.[HH]. The van der Waals surface area contributed by atoms with E-state index in [4.69, 9.17) is 5.73 Å². The number of hydrogen-bond acceptors (Lipinski definition) is 7. The van der Waals surface area contributed by atoms with Crippen LogP contribution in [-0.2, 0) is 17.9 Å². The van der Waals surface area contributed by atoms with Crippen LogP contribution in [0.5, 0.6) is 0 Å². The Bertz CT molecular complexity index is 1370. The highest BCUT2D eigenvalue weighted by Crippen LogP contribution is 2.18. The molecule has 0 aliphatic carbocycles. The number of nitrogens with one attached hydrogen (secondary N) is 1. The molecule has 0 bridgehead atoms. The Morgan fingerprint density at radius 2 is 1.94 bits per heavy atom. The quantitative estimate of drug-likeness (QED) is 0.350. The zero-order valence-electron chi connectivity index (χ0n) is 20.5. The van der Waals surface area contributed by atoms with Crippen LogP contribution in [0.15, 0.2) is 59.7 Å². The molecule has 0 spiro atoms. The van der Waals surface area contributed by atoms with Crippen molar-refractivity contribution in [3.05, 3.63) is 87.7 Å². The molecule has 1 aliphatic rings. The fraction of sp³-hybridized carbons (Fsp3) is 0.296. The minimum atomic E-state index is -0.348. The Balaban J connectivity index is 0.00000380. The third-order valence-electron chi connectivity index (χ3n) is 6.21. The van der Waals surface area contributed by atoms with Crippen LogP contribution in [0, 0.1) is 6.92 Å². The molecule has 1 saturated heterocycles. The predicted octanol–water partition coefficient (Wildman–Crippen LogP) is 2.38. The second kappa shape index (κ2) is 11.1. The summed E-state index contributed by atoms with van der Waals surface area (Å²) in [5.41, 5.74) is 10.0. The molecule has 1 amide bonds. The van der Waals surface area contributed by atoms with Gasteiger partial charge in [0.1, 0.15) is 5.69 Å². The molecular formula is C27H32N6O3. The van der Waals surface area contributed by atoms with Gasteiger partial charge in [0.15, 0.2) is 0 Å². The lowest BCUT2D eigenvalue weighted by Gasteiger charge is -2.16. The normalized spacial score (nSPS) is 13.9. The zero-order valence-corrected chi connectivity index (χ0v) is 20.5. The van der Waals surface area contributed by atoms with Crippen LogP contribution in [0.1, 0.15) is 41.6 Å². The van der Waals surface area contributed by atoms with Gasteiger partial charge in [0.05, 0.1) is 17.6 Å². The maximum Gasteiger partial charge on any atom is 0.250 e. The van der Waals surface area contributed by atoms with Crippen molar-refractivity contribution in [1.29, 1.82) is 0 Å². The molecule has 188 valence electrons. The summed E-state index contributed by atoms with van der Waals surface area (Å²) in [5, 5.41) is 3.09. The minimum Gasteiger partial charge on any atom is -0.398 e. The van der Waals surface area contributed by atoms with Crippen molar-refractivity contribution in [3.63, 3.8) is 0 Å². The topological polar surface area (TPSA) is 123 Å². The third-order valence-corrected chi connectivity index (χ3v) is 6.21. The highest BCUT2D eigenvalue weighted by Gasteiger charge is 2.20. The van der Waals surface area contributed by atoms with Crippen molar-refractivity contribution in [2.24, 2.45) is 5.73 Å². The lowest BCUT2D eigenvalue weighted by molar-refractivity contribution is -0.127. The van der Waals surface area contributed by atoms with Crippen LogP contribution in [0.3, 0.4) is 0 Å². The van der Waals surface area contributed by atoms with E-state index in [0.717, 1.165) is 30.6 Å². The zero-order chi connectivity index (χ0) is 25.7. The van der Waals surface area contributed by atoms with E-state index in [1.165, 1.54) is 12.1 Å². The van der Waals surface area contributed by atoms with Crippen LogP contribution in [0.4, 0.5) is 0 Å². The number of ketones is 1. The molecule has 9 heteroatoms. The number of amides is 1. The summed E-state index contributed by atoms with van der Waals surface area (Å²) in [6.07, 6.45) is 6.04. The summed E-state index contributed by atoms with van der Waals surface area (Å²) in [6.45, 7) is 4.04. The van der Waals surface area contributed by atoms with E-state index in [-0.39, 0.29) is 24.4 Å². The van der Waals surface area contributed by atoms with Crippen molar-refractivity contribution in [2.45, 2.75) is 32.9 Å². The number of likely N-dealkylation sites (tertiary alicyclic amines) is 1. The summed E-state index contributed by atoms with van der Waals surface area (Å²) in [7, 11) is 1.88. The van der Waals surface area contributed by atoms with Gasteiger partial charge in [-0.05, 0) is 37.6 Å². The Kier molecular flexibility index (Phi) is 7.70. The summed E-state index contributed by atoms with van der Waals surface area (Å²) >= 11 is 0. The first-order valence-electron chi connectivity index (χ1n) is 11.9. The number of allylic oxidation sites excluding steroid dienone is 1. The molecule has 1 fully saturated rings. The number of nitrogens with zero attached hydrogens (tertiary/aromatic N) is 4. The van der Waals surface area contributed by atoms with Crippen LogP contribution in [0.2, 0.25) is 0 Å². The van der Waals surface area contributed by atoms with E-state index in [1.807, 2.05) is 31.3 Å². The standard InChI is InChI=1S/C27H30N6O3.H2/c1-18-27(24(34)14-22(28)20-7-5-19(6-8-20)15-29-2)31-23(16-30-18)21-9-10-26(36)33(17-21)13-12-32-11-3-4-25(32)35;/h5-10,14,16-17,29H,3-4,11-13,15,28H2,1-2H3;1H. The average Bonchev–Trinajstić information content (AvgIpc) is 3.29. The molecule has 1 aliphatic heterocycles. The first-order chi connectivity index (χ1) is 17.4. The van der Waals surface area contributed by atoms with Gasteiger partial charge in [0.25, 0.3) is 5.56 Å². The molecule has 0 radical (unpaired) electrons. The maximum absolute atomic E-state index is 13.0. The molecular weight excluding hydrogens is 456 g/mol. The largest absolute Gasteiger partial charge is 0.398 e. The maximum atomic E-state index is 13.0. The van der Waals surface area contributed by atoms with Gasteiger partial charge in [-0.1, -0.05) is 24.3 Å². The van der Waals surface area contributed by atoms with E-state index in [1.54, 1.807) is 34.9 Å². The Morgan fingerprint density at radius 3 is 2.64 bits per heavy atom. The summed E-state index contributed by atoms with van der Waals surface area (Å²) in [4.78, 5) is 48.0. The fourth-order valence-corrected chi connectivity index (χ4v) is 4.16. The summed E-state index contributed by atoms with van der Waals surface area (Å²) < 4.78 is 1.56. The first kappa shape index (κ1) is 25.0. The molecule has 3 heterocycles. The lowest BCUT2D eigenvalue weighted by Crippen LogP contribution is -2.31. The van der Waals surface area contributed by atoms with Crippen LogP contribution in [-0.4, -0.2) is 51.3 Å². The number of carbonyl (C=O) groups excluding carboxylic acids is 2. The van der Waals surface area contributed by atoms with Crippen molar-refractivity contribution >= 4 is 17.4 Å². The number of aromatic nitrogens is 3. The molecule has 2 aromatic heterocycles. The number of rotatable bonds is 9. The summed E-state index contributed by atoms with van der Waals surface area (Å²) in [6, 6.07) is 10.8. The van der Waals surface area contributed by atoms with Crippen LogP contribution >= 0.6 is 0 Å². The van der Waals surface area contributed by atoms with E-state index in [9.17, 15) is 14.4 Å². The number of pyridine rings is 1. The summed E-state index contributed by atoms with van der Waals surface area (Å²) in [5.74, 6) is -0.229. The van der Waals surface area contributed by atoms with Crippen molar-refractivity contribution in [3.8, 4) is 11.3 Å². The molecule has 3 aromatic rings. The van der Waals surface area contributed by atoms with E-state index in [2.05, 4.69) is 15.3 Å². The predicted molar refractivity (Wildman–Crippen MR) is 140 cm³/mol. The van der Waals surface area contributed by atoms with E-state index < -0.39 is 0 Å². The molecule has 36 heavy (non-hydrogen) atoms. The number of hydrogen-bond donors (Lipinski definition) is 2. The van der Waals surface area contributed by atoms with Gasteiger partial charge in [-0.25, -0.2) is 4.98 Å². The average molecular weight is 489 g/mol. The molecule has 4 rings (SSSR count). The van der Waals surface area contributed by atoms with Crippen molar-refractivity contribution < 1.29 is 11.0 Å². The lowest BCUT2D eigenvalue weighted by atomic mass is 10.1. The molecule has 9 nitrogen and oxygen atoms in total. The van der Waals surface area contributed by atoms with Crippen molar-refractivity contribution in [1.82, 2.24) is 24.8 Å². The van der Waals surface area contributed by atoms with Crippen LogP contribution in [0.25, 0.3) is 17.0 Å². The molecule has 0 saturated carbocycles. The Labute approximate surface area is 211 Å². The minimum absolute atomic E-state index is 0. The number of carbonyl (C=O) groups is 2. The van der Waals surface area contributed by atoms with E-state index in [0.29, 0.717) is 42.2 Å². The van der Waals surface area contributed by atoms with Gasteiger partial charge >= 0.3 is 0 Å². The van der Waals surface area contributed by atoms with Crippen LogP contribution < -0.4 is 16.6 Å². The second-order valence-corrected chi connectivity index (χ2v) is 8.81. The highest BCUT2D eigenvalue weighted by atomic mass is 16.2. The Morgan fingerprint density at radius 1 is 1.17 bits per heavy atom. The Hall–Kier alpha value is -4.11. The van der Waals surface area contributed by atoms with Gasteiger partial charge in [-0.15, -0.1) is 0 Å². The third kappa shape index (κ3) is 5.75. The first-order valence-corrected chi connectivity index (χ1v) is 11.9. The second-order valence-electron chi connectivity index (χ2n) is 8.81. The van der Waals surface area contributed by atoms with Gasteiger partial charge < -0.3 is 20.5 Å². The smallest absolute Gasteiger partial charge is 0.250 e. The number of nitrogens with two attached hydrogens (primary N) is 1. The molecule has 0 atom stereocenters. The van der Waals surface area contributed by atoms with Gasteiger partial charge in [0, 0.05) is 63.6 Å². The number of benzene rings is 1. The van der Waals surface area contributed by atoms with E-state index >= 15 is 0 Å². The number of aryl methyl sites for hydroxylation is 1. The fourth-order valence-electron chi connectivity index (χ4n) is 4.16. The van der Waals surface area contributed by atoms with Gasteiger partial charge in [-0.2, -0.15) is 0 Å². The van der Waals surface area contributed by atoms with Gasteiger partial charge in [-0.3, -0.25) is 19.4 Å². The van der Waals surface area contributed by atoms with Crippen molar-refractivity contribution in [2.75, 3.05) is 20.1 Å².